The van der Waals surface area contributed by atoms with Gasteiger partial charge >= 0.3 is 0 Å². The van der Waals surface area contributed by atoms with E-state index >= 15 is 0 Å². The molecule has 3 rings (SSSR count). The summed E-state index contributed by atoms with van der Waals surface area (Å²) in [5.74, 6) is 1.61. The Kier molecular flexibility index (Phi) is 3.65. The molecule has 3 aromatic rings. The molecule has 0 amide bonds. The van der Waals surface area contributed by atoms with Crippen molar-refractivity contribution in [2.45, 2.75) is 6.61 Å². The van der Waals surface area contributed by atoms with Crippen LogP contribution < -0.4 is 10.1 Å². The number of hydrogen-bond donors (Lipinski definition) is 2. The largest absolute Gasteiger partial charge is 0.438 e. The van der Waals surface area contributed by atoms with Gasteiger partial charge in [0.25, 0.3) is 0 Å². The van der Waals surface area contributed by atoms with Gasteiger partial charge in [0.15, 0.2) is 5.65 Å². The van der Waals surface area contributed by atoms with Crippen LogP contribution in [0.2, 0.25) is 0 Å². The highest BCUT2D eigenvalue weighted by Crippen LogP contribution is 2.27. The predicted octanol–water partition coefficient (Wildman–Crippen LogP) is 2.33. The number of anilines is 1. The number of hydrogen-bond acceptors (Lipinski definition) is 6. The molecule has 0 saturated heterocycles. The van der Waals surface area contributed by atoms with Crippen molar-refractivity contribution in [1.82, 2.24) is 20.2 Å². The van der Waals surface area contributed by atoms with Gasteiger partial charge < -0.3 is 14.8 Å². The molecule has 0 aliphatic rings. The van der Waals surface area contributed by atoms with E-state index in [0.717, 1.165) is 10.9 Å². The van der Waals surface area contributed by atoms with Gasteiger partial charge in [0.05, 0.1) is 12.8 Å². The van der Waals surface area contributed by atoms with Crippen molar-refractivity contribution in [1.29, 1.82) is 0 Å². The van der Waals surface area contributed by atoms with E-state index in [0.29, 0.717) is 29.8 Å². The van der Waals surface area contributed by atoms with Gasteiger partial charge in [-0.05, 0) is 17.7 Å². The summed E-state index contributed by atoms with van der Waals surface area (Å²) in [6, 6.07) is 7.67. The highest BCUT2D eigenvalue weighted by molar-refractivity contribution is 5.80. The summed E-state index contributed by atoms with van der Waals surface area (Å²) in [6.45, 7) is 0.532. The van der Waals surface area contributed by atoms with Crippen molar-refractivity contribution < 1.29 is 9.47 Å². The summed E-state index contributed by atoms with van der Waals surface area (Å²) >= 11 is 0. The molecule has 2 N–H and O–H groups in total. The van der Waals surface area contributed by atoms with Crippen molar-refractivity contribution in [3.63, 3.8) is 0 Å². The van der Waals surface area contributed by atoms with Crippen LogP contribution >= 0.6 is 0 Å². The standard InChI is InChI=1S/C14H15N5O2/c1-15-14-17-12-11(7-16-19-12)13(18-14)21-10-5-3-4-9(6-10)8-20-2/h3-7H,8H2,1-2H3,(H2,15,16,17,18,19). The Morgan fingerprint density at radius 3 is 3.00 bits per heavy atom. The third-order valence-corrected chi connectivity index (χ3v) is 2.92. The number of methoxy groups -OCH3 is 1. The van der Waals surface area contributed by atoms with Crippen LogP contribution in [0.1, 0.15) is 5.56 Å². The summed E-state index contributed by atoms with van der Waals surface area (Å²) in [4.78, 5) is 8.59. The minimum atomic E-state index is 0.452. The van der Waals surface area contributed by atoms with E-state index in [1.165, 1.54) is 0 Å². The lowest BCUT2D eigenvalue weighted by molar-refractivity contribution is 0.184. The molecular formula is C14H15N5O2. The topological polar surface area (TPSA) is 85.0 Å². The highest BCUT2D eigenvalue weighted by Gasteiger charge is 2.11. The first kappa shape index (κ1) is 13.3. The van der Waals surface area contributed by atoms with Crippen LogP contribution in [0.5, 0.6) is 11.6 Å². The maximum Gasteiger partial charge on any atom is 0.235 e. The summed E-state index contributed by atoms with van der Waals surface area (Å²) in [7, 11) is 3.41. The van der Waals surface area contributed by atoms with Crippen LogP contribution in [-0.4, -0.2) is 34.3 Å². The highest BCUT2D eigenvalue weighted by atomic mass is 16.5. The van der Waals surface area contributed by atoms with Crippen molar-refractivity contribution in [2.75, 3.05) is 19.5 Å². The van der Waals surface area contributed by atoms with Gasteiger partial charge in [-0.3, -0.25) is 5.10 Å². The molecule has 0 saturated carbocycles. The molecule has 108 valence electrons. The molecule has 7 heteroatoms. The number of rotatable bonds is 5. The molecule has 0 unspecified atom stereocenters. The normalized spacial score (nSPS) is 10.8. The van der Waals surface area contributed by atoms with Gasteiger partial charge in [0.2, 0.25) is 11.8 Å². The van der Waals surface area contributed by atoms with Crippen LogP contribution in [0.4, 0.5) is 5.95 Å². The van der Waals surface area contributed by atoms with E-state index in [1.807, 2.05) is 24.3 Å². The smallest absolute Gasteiger partial charge is 0.235 e. The number of H-pyrrole nitrogens is 1. The number of aromatic nitrogens is 4. The van der Waals surface area contributed by atoms with E-state index < -0.39 is 0 Å². The molecule has 21 heavy (non-hydrogen) atoms. The Bertz CT molecular complexity index is 756. The van der Waals surface area contributed by atoms with Crippen LogP contribution in [-0.2, 0) is 11.3 Å². The Morgan fingerprint density at radius 1 is 1.29 bits per heavy atom. The first-order valence-electron chi connectivity index (χ1n) is 6.45. The first-order chi connectivity index (χ1) is 10.3. The number of nitrogens with zero attached hydrogens (tertiary/aromatic N) is 3. The fraction of sp³-hybridized carbons (Fsp3) is 0.214. The monoisotopic (exact) mass is 285 g/mol. The van der Waals surface area contributed by atoms with E-state index in [1.54, 1.807) is 20.4 Å². The van der Waals surface area contributed by atoms with Gasteiger partial charge in [-0.1, -0.05) is 12.1 Å². The Labute approximate surface area is 121 Å². The molecule has 0 radical (unpaired) electrons. The minimum absolute atomic E-state index is 0.452. The van der Waals surface area contributed by atoms with E-state index in [4.69, 9.17) is 9.47 Å². The molecular weight excluding hydrogens is 270 g/mol. The van der Waals surface area contributed by atoms with E-state index in [-0.39, 0.29) is 0 Å². The molecule has 1 aromatic carbocycles. The first-order valence-corrected chi connectivity index (χ1v) is 6.45. The van der Waals surface area contributed by atoms with Crippen LogP contribution in [0, 0.1) is 0 Å². The van der Waals surface area contributed by atoms with Crippen molar-refractivity contribution in [2.24, 2.45) is 0 Å². The van der Waals surface area contributed by atoms with E-state index in [2.05, 4.69) is 25.5 Å². The average molecular weight is 285 g/mol. The maximum absolute atomic E-state index is 5.87. The molecule has 0 aliphatic carbocycles. The lowest BCUT2D eigenvalue weighted by atomic mass is 10.2. The van der Waals surface area contributed by atoms with Gasteiger partial charge in [0, 0.05) is 14.2 Å². The number of fused-ring (bicyclic) bond motifs is 1. The lowest BCUT2D eigenvalue weighted by Gasteiger charge is -2.08. The van der Waals surface area contributed by atoms with Crippen LogP contribution in [0.3, 0.4) is 0 Å². The Balaban J connectivity index is 1.97. The number of ether oxygens (including phenoxy) is 2. The van der Waals surface area contributed by atoms with Gasteiger partial charge in [-0.2, -0.15) is 15.1 Å². The molecule has 0 bridgehead atoms. The summed E-state index contributed by atoms with van der Waals surface area (Å²) in [6.07, 6.45) is 1.64. The van der Waals surface area contributed by atoms with Gasteiger partial charge in [0.1, 0.15) is 11.1 Å². The second-order valence-corrected chi connectivity index (χ2v) is 4.42. The number of nitrogens with one attached hydrogen (secondary N) is 2. The molecule has 0 spiro atoms. The van der Waals surface area contributed by atoms with Crippen molar-refractivity contribution in [3.8, 4) is 11.6 Å². The third-order valence-electron chi connectivity index (χ3n) is 2.92. The Hall–Kier alpha value is -2.67. The molecule has 7 nitrogen and oxygen atoms in total. The van der Waals surface area contributed by atoms with Crippen LogP contribution in [0.15, 0.2) is 30.5 Å². The molecule has 0 atom stereocenters. The minimum Gasteiger partial charge on any atom is -0.438 e. The average Bonchev–Trinajstić information content (AvgIpc) is 2.96. The van der Waals surface area contributed by atoms with E-state index in [9.17, 15) is 0 Å². The zero-order valence-corrected chi connectivity index (χ0v) is 11.8. The second kappa shape index (κ2) is 5.76. The number of aromatic amines is 1. The fourth-order valence-corrected chi connectivity index (χ4v) is 1.98. The number of benzene rings is 1. The zero-order valence-electron chi connectivity index (χ0n) is 11.8. The molecule has 0 fully saturated rings. The second-order valence-electron chi connectivity index (χ2n) is 4.42. The molecule has 2 heterocycles. The summed E-state index contributed by atoms with van der Waals surface area (Å²) in [5, 5.41) is 10.4. The SMILES string of the molecule is CNc1nc(Oc2cccc(COC)c2)c2cn[nH]c2n1. The third kappa shape index (κ3) is 2.77. The Morgan fingerprint density at radius 2 is 2.19 bits per heavy atom. The summed E-state index contributed by atoms with van der Waals surface area (Å²) < 4.78 is 11.0. The lowest BCUT2D eigenvalue weighted by Crippen LogP contribution is -1.99. The molecule has 0 aliphatic heterocycles. The predicted molar refractivity (Wildman–Crippen MR) is 78.5 cm³/mol. The summed E-state index contributed by atoms with van der Waals surface area (Å²) in [5.41, 5.74) is 1.65. The van der Waals surface area contributed by atoms with Crippen LogP contribution in [0.25, 0.3) is 11.0 Å². The quantitative estimate of drug-likeness (QED) is 0.748. The maximum atomic E-state index is 5.87. The van der Waals surface area contributed by atoms with Crippen molar-refractivity contribution >= 4 is 17.0 Å². The van der Waals surface area contributed by atoms with Gasteiger partial charge in [-0.25, -0.2) is 0 Å². The van der Waals surface area contributed by atoms with Gasteiger partial charge in [-0.15, -0.1) is 0 Å². The fourth-order valence-electron chi connectivity index (χ4n) is 1.98. The van der Waals surface area contributed by atoms with Crippen molar-refractivity contribution in [3.05, 3.63) is 36.0 Å². The molecule has 2 aromatic heterocycles. The zero-order chi connectivity index (χ0) is 14.7.